The number of aromatic nitrogens is 2. The molecule has 3 N–H and O–H groups in total. The van der Waals surface area contributed by atoms with E-state index in [1.165, 1.54) is 36.5 Å². The molecule has 144 valence electrons. The highest BCUT2D eigenvalue weighted by Gasteiger charge is 2.19. The number of hydrogen-bond donors (Lipinski definition) is 2. The number of hydrogen-bond acceptors (Lipinski definition) is 6. The quantitative estimate of drug-likeness (QED) is 0.567. The van der Waals surface area contributed by atoms with Crippen LogP contribution in [0, 0.1) is 0 Å². The van der Waals surface area contributed by atoms with Crippen LogP contribution in [0.3, 0.4) is 0 Å². The normalized spacial score (nSPS) is 11.1. The number of nitrogens with zero attached hydrogens (tertiary/aromatic N) is 2. The zero-order chi connectivity index (χ0) is 20.3. The van der Waals surface area contributed by atoms with Gasteiger partial charge in [-0.1, -0.05) is 29.3 Å². The molecule has 0 atom stereocenters. The summed E-state index contributed by atoms with van der Waals surface area (Å²) in [5, 5.41) is -0.172. The predicted octanol–water partition coefficient (Wildman–Crippen LogP) is 3.48. The first-order valence-electron chi connectivity index (χ1n) is 7.63. The molecule has 3 aromatic rings. The Bertz CT molecular complexity index is 1140. The van der Waals surface area contributed by atoms with Crippen LogP contribution in [0.4, 0.5) is 5.69 Å². The number of sulfonamides is 1. The highest BCUT2D eigenvalue weighted by Crippen LogP contribution is 2.25. The van der Waals surface area contributed by atoms with Crippen molar-refractivity contribution in [3.8, 4) is 11.6 Å². The van der Waals surface area contributed by atoms with Crippen molar-refractivity contribution >= 4 is 44.8 Å². The average molecular weight is 439 g/mol. The Labute approximate surface area is 170 Å². The number of rotatable bonds is 6. The third-order valence-corrected chi connectivity index (χ3v) is 5.42. The van der Waals surface area contributed by atoms with Crippen LogP contribution in [0.25, 0.3) is 0 Å². The standard InChI is InChI=1S/C17H12Cl2N4O4S/c18-14-6-5-13(16(19)22-14)28(25,26)23-11-4-7-15(21-9-11)27-12-3-1-2-10(8-12)17(20)24/h1-9,23H,(H2,20,24). The summed E-state index contributed by atoms with van der Waals surface area (Å²) in [5.74, 6) is -0.0366. The fraction of sp³-hybridized carbons (Fsp3) is 0. The number of nitrogens with two attached hydrogens (primary N) is 1. The Balaban J connectivity index is 1.75. The van der Waals surface area contributed by atoms with Crippen molar-refractivity contribution in [3.63, 3.8) is 0 Å². The van der Waals surface area contributed by atoms with Gasteiger partial charge in [0, 0.05) is 11.6 Å². The van der Waals surface area contributed by atoms with Gasteiger partial charge in [0.1, 0.15) is 15.8 Å². The van der Waals surface area contributed by atoms with Gasteiger partial charge in [0.2, 0.25) is 11.8 Å². The molecule has 1 amide bonds. The maximum atomic E-state index is 12.4. The smallest absolute Gasteiger partial charge is 0.265 e. The van der Waals surface area contributed by atoms with Gasteiger partial charge in [0.25, 0.3) is 10.0 Å². The summed E-state index contributed by atoms with van der Waals surface area (Å²) in [4.78, 5) is 18.7. The third-order valence-electron chi connectivity index (χ3n) is 3.40. The number of nitrogens with one attached hydrogen (secondary N) is 1. The van der Waals surface area contributed by atoms with E-state index in [0.717, 1.165) is 0 Å². The molecule has 0 spiro atoms. The van der Waals surface area contributed by atoms with E-state index in [1.54, 1.807) is 18.2 Å². The summed E-state index contributed by atoms with van der Waals surface area (Å²) in [7, 11) is -3.98. The molecule has 0 aliphatic heterocycles. The number of pyridine rings is 2. The Morgan fingerprint density at radius 3 is 2.54 bits per heavy atom. The topological polar surface area (TPSA) is 124 Å². The van der Waals surface area contributed by atoms with E-state index in [0.29, 0.717) is 5.75 Å². The van der Waals surface area contributed by atoms with Crippen molar-refractivity contribution in [2.75, 3.05) is 4.72 Å². The number of carbonyl (C=O) groups excluding carboxylic acids is 1. The summed E-state index contributed by atoms with van der Waals surface area (Å²) in [6, 6.07) is 11.7. The average Bonchev–Trinajstić information content (AvgIpc) is 2.63. The Hall–Kier alpha value is -2.88. The lowest BCUT2D eigenvalue weighted by Gasteiger charge is -2.10. The van der Waals surface area contributed by atoms with Gasteiger partial charge < -0.3 is 10.5 Å². The van der Waals surface area contributed by atoms with E-state index >= 15 is 0 Å². The van der Waals surface area contributed by atoms with Crippen LogP contribution in [0.15, 0.2) is 59.6 Å². The number of amides is 1. The number of anilines is 1. The van der Waals surface area contributed by atoms with Crippen molar-refractivity contribution < 1.29 is 17.9 Å². The maximum Gasteiger partial charge on any atom is 0.265 e. The van der Waals surface area contributed by atoms with E-state index in [9.17, 15) is 13.2 Å². The highest BCUT2D eigenvalue weighted by atomic mass is 35.5. The molecule has 2 aromatic heterocycles. The molecule has 0 saturated carbocycles. The van der Waals surface area contributed by atoms with E-state index < -0.39 is 15.9 Å². The first-order valence-corrected chi connectivity index (χ1v) is 9.87. The van der Waals surface area contributed by atoms with E-state index in [2.05, 4.69) is 14.7 Å². The van der Waals surface area contributed by atoms with E-state index in [-0.39, 0.29) is 32.3 Å². The second-order valence-corrected chi connectivity index (χ2v) is 7.80. The summed E-state index contributed by atoms with van der Waals surface area (Å²) in [5.41, 5.74) is 5.70. The van der Waals surface area contributed by atoms with E-state index in [1.807, 2.05) is 0 Å². The molecule has 0 fully saturated rings. The van der Waals surface area contributed by atoms with Crippen LogP contribution in [-0.2, 0) is 10.0 Å². The lowest BCUT2D eigenvalue weighted by atomic mass is 10.2. The van der Waals surface area contributed by atoms with Crippen LogP contribution in [0.2, 0.25) is 10.3 Å². The molecule has 0 bridgehead atoms. The molecule has 2 heterocycles. The molecule has 8 nitrogen and oxygen atoms in total. The van der Waals surface area contributed by atoms with Crippen LogP contribution < -0.4 is 15.2 Å². The molecule has 0 saturated heterocycles. The van der Waals surface area contributed by atoms with Crippen molar-refractivity contribution in [3.05, 3.63) is 70.6 Å². The first kappa shape index (κ1) is 19.9. The van der Waals surface area contributed by atoms with Gasteiger partial charge in [-0.3, -0.25) is 9.52 Å². The minimum absolute atomic E-state index is 0.0764. The molecule has 28 heavy (non-hydrogen) atoms. The zero-order valence-electron chi connectivity index (χ0n) is 14.0. The minimum Gasteiger partial charge on any atom is -0.439 e. The summed E-state index contributed by atoms with van der Waals surface area (Å²) in [6.07, 6.45) is 1.27. The van der Waals surface area contributed by atoms with Gasteiger partial charge >= 0.3 is 0 Å². The largest absolute Gasteiger partial charge is 0.439 e. The number of carbonyl (C=O) groups is 1. The summed E-state index contributed by atoms with van der Waals surface area (Å²) < 4.78 is 32.7. The lowest BCUT2D eigenvalue weighted by Crippen LogP contribution is -2.14. The number of halogens is 2. The molecule has 0 unspecified atom stereocenters. The molecule has 0 radical (unpaired) electrons. The van der Waals surface area contributed by atoms with Crippen LogP contribution in [-0.4, -0.2) is 24.3 Å². The van der Waals surface area contributed by atoms with Gasteiger partial charge in [-0.05, 0) is 36.4 Å². The summed E-state index contributed by atoms with van der Waals surface area (Å²) >= 11 is 11.5. The van der Waals surface area contributed by atoms with Crippen molar-refractivity contribution in [2.45, 2.75) is 4.90 Å². The SMILES string of the molecule is NC(=O)c1cccc(Oc2ccc(NS(=O)(=O)c3ccc(Cl)nc3Cl)cn2)c1. The summed E-state index contributed by atoms with van der Waals surface area (Å²) in [6.45, 7) is 0. The van der Waals surface area contributed by atoms with E-state index in [4.69, 9.17) is 33.7 Å². The van der Waals surface area contributed by atoms with Crippen LogP contribution in [0.1, 0.15) is 10.4 Å². The van der Waals surface area contributed by atoms with Gasteiger partial charge in [0.05, 0.1) is 11.9 Å². The van der Waals surface area contributed by atoms with Gasteiger partial charge in [-0.25, -0.2) is 18.4 Å². The maximum absolute atomic E-state index is 12.4. The number of benzene rings is 1. The molecule has 11 heteroatoms. The van der Waals surface area contributed by atoms with Gasteiger partial charge in [-0.15, -0.1) is 0 Å². The third kappa shape index (κ3) is 4.69. The van der Waals surface area contributed by atoms with Crippen molar-refractivity contribution in [1.29, 1.82) is 0 Å². The van der Waals surface area contributed by atoms with Gasteiger partial charge in [0.15, 0.2) is 5.15 Å². The van der Waals surface area contributed by atoms with Gasteiger partial charge in [-0.2, -0.15) is 0 Å². The lowest BCUT2D eigenvalue weighted by molar-refractivity contribution is 0.1000. The zero-order valence-corrected chi connectivity index (χ0v) is 16.3. The molecule has 0 aliphatic rings. The molecule has 3 rings (SSSR count). The Kier molecular flexibility index (Phi) is 5.68. The van der Waals surface area contributed by atoms with Crippen molar-refractivity contribution in [2.24, 2.45) is 5.73 Å². The predicted molar refractivity (Wildman–Crippen MR) is 104 cm³/mol. The molecular formula is C17H12Cl2N4O4S. The Morgan fingerprint density at radius 2 is 1.89 bits per heavy atom. The van der Waals surface area contributed by atoms with Crippen LogP contribution >= 0.6 is 23.2 Å². The number of ether oxygens (including phenoxy) is 1. The second-order valence-electron chi connectivity index (χ2n) is 5.41. The monoisotopic (exact) mass is 438 g/mol. The Morgan fingerprint density at radius 1 is 1.11 bits per heavy atom. The minimum atomic E-state index is -3.98. The molecule has 0 aliphatic carbocycles. The van der Waals surface area contributed by atoms with Crippen LogP contribution in [0.5, 0.6) is 11.6 Å². The molecule has 1 aromatic carbocycles. The fourth-order valence-electron chi connectivity index (χ4n) is 2.14. The first-order chi connectivity index (χ1) is 13.2. The fourth-order valence-corrected chi connectivity index (χ4v) is 3.85. The number of primary amides is 1. The highest BCUT2D eigenvalue weighted by molar-refractivity contribution is 7.92. The van der Waals surface area contributed by atoms with Crippen molar-refractivity contribution in [1.82, 2.24) is 9.97 Å². The molecular weight excluding hydrogens is 427 g/mol. The second kappa shape index (κ2) is 8.01.